The zero-order chi connectivity index (χ0) is 27.4. The van der Waals surface area contributed by atoms with Gasteiger partial charge in [-0.2, -0.15) is 0 Å². The maximum atomic E-state index is 13.2. The van der Waals surface area contributed by atoms with Gasteiger partial charge in [0.1, 0.15) is 35.0 Å². The molecule has 0 unspecified atom stereocenters. The third kappa shape index (κ3) is 6.23. The van der Waals surface area contributed by atoms with Crippen molar-refractivity contribution in [1.29, 1.82) is 0 Å². The molecule has 0 spiro atoms. The van der Waals surface area contributed by atoms with Crippen LogP contribution < -0.4 is 49.7 Å². The standard InChI is InChI=1S/C28H22FN3O7.Na.H/c1-36-15-14-28(25(33)31-27(35)32-26(28)34)39-22-12-10-21(11-13-22)38-20-8-4-18(5-9-20)24-30-23(16-37-24)17-2-6-19(29)7-3-17;;/h2-13,16H,14-15H2,1H3,(H2,31,32,33,34,35);;/q;+1;-1. The van der Waals surface area contributed by atoms with Gasteiger partial charge in [-0.05, 0) is 72.8 Å². The minimum atomic E-state index is -1.96. The van der Waals surface area contributed by atoms with Gasteiger partial charge in [0.2, 0.25) is 5.89 Å². The summed E-state index contributed by atoms with van der Waals surface area (Å²) in [7, 11) is 1.42. The van der Waals surface area contributed by atoms with Crippen LogP contribution in [0.25, 0.3) is 22.7 Å². The number of urea groups is 1. The van der Waals surface area contributed by atoms with Crippen molar-refractivity contribution in [2.75, 3.05) is 13.7 Å². The molecule has 1 fully saturated rings. The topological polar surface area (TPSA) is 129 Å². The van der Waals surface area contributed by atoms with Crippen molar-refractivity contribution in [3.05, 3.63) is 84.9 Å². The Morgan fingerprint density at radius 3 is 2.00 bits per heavy atom. The number of hydrogen-bond donors (Lipinski definition) is 2. The van der Waals surface area contributed by atoms with Crippen molar-refractivity contribution in [3.8, 4) is 40.0 Å². The van der Waals surface area contributed by atoms with E-state index in [2.05, 4.69) is 15.6 Å². The predicted octanol–water partition coefficient (Wildman–Crippen LogP) is 1.58. The number of imide groups is 2. The molecule has 10 nitrogen and oxygen atoms in total. The molecule has 0 bridgehead atoms. The second-order valence-corrected chi connectivity index (χ2v) is 8.55. The third-order valence-electron chi connectivity index (χ3n) is 5.94. The van der Waals surface area contributed by atoms with Crippen LogP contribution in [0.1, 0.15) is 7.85 Å². The van der Waals surface area contributed by atoms with Gasteiger partial charge < -0.3 is 20.1 Å². The van der Waals surface area contributed by atoms with Crippen LogP contribution in [0.4, 0.5) is 9.18 Å². The van der Waals surface area contributed by atoms with Crippen molar-refractivity contribution in [1.82, 2.24) is 15.6 Å². The van der Waals surface area contributed by atoms with Gasteiger partial charge in [0.15, 0.2) is 0 Å². The first-order valence-electron chi connectivity index (χ1n) is 11.8. The zero-order valence-electron chi connectivity index (χ0n) is 22.6. The molecule has 0 radical (unpaired) electrons. The Balaban J connectivity index is 0.00000231. The average Bonchev–Trinajstić information content (AvgIpc) is 3.42. The SMILES string of the molecule is COCCC1(Oc2ccc(Oc3ccc(-c4nc(-c5ccc(F)cc5)co4)cc3)cc2)C(=O)NC(=O)NC1=O.[H-].[Na+]. The number of carbonyl (C=O) groups excluding carboxylic acids is 3. The normalized spacial score (nSPS) is 14.1. The molecule has 3 aromatic carbocycles. The molecular weight excluding hydrogens is 532 g/mol. The van der Waals surface area contributed by atoms with E-state index in [1.165, 1.54) is 25.5 Å². The number of methoxy groups -OCH3 is 1. The molecule has 4 amide bonds. The van der Waals surface area contributed by atoms with Crippen LogP contribution in [-0.4, -0.2) is 42.1 Å². The van der Waals surface area contributed by atoms with Gasteiger partial charge in [-0.1, -0.05) is 0 Å². The fourth-order valence-corrected chi connectivity index (χ4v) is 3.90. The molecule has 0 aliphatic carbocycles. The maximum Gasteiger partial charge on any atom is 1.00 e. The molecule has 2 N–H and O–H groups in total. The Labute approximate surface area is 251 Å². The monoisotopic (exact) mass is 555 g/mol. The Kier molecular flexibility index (Phi) is 9.00. The fraction of sp³-hybridized carbons (Fsp3) is 0.143. The van der Waals surface area contributed by atoms with Gasteiger partial charge in [0.05, 0.1) is 6.61 Å². The summed E-state index contributed by atoms with van der Waals surface area (Å²) in [5.74, 6) is -0.430. The number of nitrogens with zero attached hydrogens (tertiary/aromatic N) is 1. The second-order valence-electron chi connectivity index (χ2n) is 8.55. The minimum Gasteiger partial charge on any atom is -1.00 e. The number of rotatable bonds is 9. The van der Waals surface area contributed by atoms with Crippen LogP contribution in [0.5, 0.6) is 17.2 Å². The van der Waals surface area contributed by atoms with Crippen molar-refractivity contribution < 1.29 is 68.4 Å². The van der Waals surface area contributed by atoms with Crippen LogP contribution in [0.2, 0.25) is 0 Å². The van der Waals surface area contributed by atoms with Gasteiger partial charge in [0, 0.05) is 24.7 Å². The van der Waals surface area contributed by atoms with Crippen molar-refractivity contribution in [2.24, 2.45) is 0 Å². The smallest absolute Gasteiger partial charge is 1.00 e. The summed E-state index contributed by atoms with van der Waals surface area (Å²) in [5, 5.41) is 4.12. The first-order chi connectivity index (χ1) is 18.9. The number of carbonyl (C=O) groups is 3. The Hall–Kier alpha value is -4.03. The molecule has 1 saturated heterocycles. The molecule has 0 atom stereocenters. The van der Waals surface area contributed by atoms with E-state index in [0.717, 1.165) is 11.1 Å². The summed E-state index contributed by atoms with van der Waals surface area (Å²) in [5.41, 5.74) is 0.0925. The van der Waals surface area contributed by atoms with Gasteiger partial charge in [-0.3, -0.25) is 20.2 Å². The van der Waals surface area contributed by atoms with E-state index in [0.29, 0.717) is 23.1 Å². The van der Waals surface area contributed by atoms with Crippen molar-refractivity contribution in [2.45, 2.75) is 12.0 Å². The summed E-state index contributed by atoms with van der Waals surface area (Å²) in [6.07, 6.45) is 1.41. The molecule has 200 valence electrons. The number of hydrogen-bond acceptors (Lipinski definition) is 8. The Bertz CT molecular complexity index is 1490. The number of benzene rings is 3. The van der Waals surface area contributed by atoms with Gasteiger partial charge in [-0.15, -0.1) is 0 Å². The van der Waals surface area contributed by atoms with E-state index in [1.807, 2.05) is 0 Å². The van der Waals surface area contributed by atoms with E-state index < -0.39 is 23.4 Å². The van der Waals surface area contributed by atoms with E-state index in [9.17, 15) is 18.8 Å². The van der Waals surface area contributed by atoms with E-state index in [1.54, 1.807) is 60.7 Å². The molecule has 2 heterocycles. The first-order valence-corrected chi connectivity index (χ1v) is 11.8. The molecule has 5 rings (SSSR count). The second kappa shape index (κ2) is 12.4. The summed E-state index contributed by atoms with van der Waals surface area (Å²) in [4.78, 5) is 41.1. The van der Waals surface area contributed by atoms with Crippen LogP contribution in [0, 0.1) is 5.82 Å². The zero-order valence-corrected chi connectivity index (χ0v) is 23.6. The third-order valence-corrected chi connectivity index (χ3v) is 5.94. The van der Waals surface area contributed by atoms with E-state index >= 15 is 0 Å². The maximum absolute atomic E-state index is 13.2. The number of halogens is 1. The summed E-state index contributed by atoms with van der Waals surface area (Å²) < 4.78 is 35.4. The fourth-order valence-electron chi connectivity index (χ4n) is 3.90. The van der Waals surface area contributed by atoms with Gasteiger partial charge in [-0.25, -0.2) is 14.2 Å². The molecule has 0 saturated carbocycles. The number of amides is 4. The molecular formula is C28H23FN3NaO7. The van der Waals surface area contributed by atoms with Crippen molar-refractivity contribution >= 4 is 17.8 Å². The summed E-state index contributed by atoms with van der Waals surface area (Å²) >= 11 is 0. The molecule has 1 aromatic heterocycles. The summed E-state index contributed by atoms with van der Waals surface area (Å²) in [6.45, 7) is 0.0489. The first kappa shape index (κ1) is 29.0. The Morgan fingerprint density at radius 1 is 0.850 bits per heavy atom. The number of ether oxygens (including phenoxy) is 3. The van der Waals surface area contributed by atoms with Crippen LogP contribution >= 0.6 is 0 Å². The van der Waals surface area contributed by atoms with Gasteiger partial charge >= 0.3 is 35.6 Å². The minimum absolute atomic E-state index is 0. The molecule has 1 aliphatic rings. The molecule has 40 heavy (non-hydrogen) atoms. The number of nitrogens with one attached hydrogen (secondary N) is 2. The van der Waals surface area contributed by atoms with Crippen molar-refractivity contribution in [3.63, 3.8) is 0 Å². The van der Waals surface area contributed by atoms with Crippen LogP contribution in [0.3, 0.4) is 0 Å². The average molecular weight is 555 g/mol. The molecule has 1 aliphatic heterocycles. The Morgan fingerprint density at radius 2 is 1.40 bits per heavy atom. The number of oxazole rings is 1. The van der Waals surface area contributed by atoms with Crippen LogP contribution in [0.15, 0.2) is 83.5 Å². The number of aromatic nitrogens is 1. The van der Waals surface area contributed by atoms with E-state index in [-0.39, 0.29) is 55.6 Å². The largest absolute Gasteiger partial charge is 1.00 e. The van der Waals surface area contributed by atoms with Crippen LogP contribution in [-0.2, 0) is 14.3 Å². The predicted molar refractivity (Wildman–Crippen MR) is 136 cm³/mol. The quantitative estimate of drug-likeness (QED) is 0.235. The molecule has 4 aromatic rings. The molecule has 12 heteroatoms. The summed E-state index contributed by atoms with van der Waals surface area (Å²) in [6, 6.07) is 18.4. The van der Waals surface area contributed by atoms with E-state index in [4.69, 9.17) is 18.6 Å². The van der Waals surface area contributed by atoms with Gasteiger partial charge in [0.25, 0.3) is 17.4 Å². The number of barbiturate groups is 1.